The molecule has 4 heterocycles. The number of benzene rings is 1. The number of rotatable bonds is 10. The van der Waals surface area contributed by atoms with E-state index in [-0.39, 0.29) is 39.6 Å². The normalized spacial score (nSPS) is 18.8. The smallest absolute Gasteiger partial charge is 0.352 e. The maximum Gasteiger partial charge on any atom is 0.352 e. The maximum atomic E-state index is 13.5. The number of thiazole rings is 1. The summed E-state index contributed by atoms with van der Waals surface area (Å²) in [7, 11) is 0. The lowest BCUT2D eigenvalue weighted by molar-refractivity contribution is -0.689. The summed E-state index contributed by atoms with van der Waals surface area (Å²) in [5.74, 6) is -2.41. The van der Waals surface area contributed by atoms with Crippen LogP contribution < -0.4 is 10.3 Å². The predicted molar refractivity (Wildman–Crippen MR) is 152 cm³/mol. The number of aromatic nitrogens is 2. The molecule has 40 heavy (non-hydrogen) atoms. The number of pyridine rings is 1. The summed E-state index contributed by atoms with van der Waals surface area (Å²) in [5, 5.41) is 13.7. The first-order valence-electron chi connectivity index (χ1n) is 12.3. The topological polar surface area (TPSA) is 139 Å². The average molecular weight is 599 g/mol. The Kier molecular flexibility index (Phi) is 8.19. The number of fused-ring (bicyclic) bond motifs is 1. The molecule has 13 heteroatoms. The third kappa shape index (κ3) is 5.74. The third-order valence-corrected chi connectivity index (χ3v) is 8.99. The van der Waals surface area contributed by atoms with Crippen molar-refractivity contribution in [2.45, 2.75) is 31.9 Å². The highest BCUT2D eigenvalue weighted by atomic mass is 35.5. The predicted octanol–water partition coefficient (Wildman–Crippen LogP) is 3.42. The van der Waals surface area contributed by atoms with Crippen LogP contribution in [-0.2, 0) is 32.4 Å². The van der Waals surface area contributed by atoms with Crippen LogP contribution in [0.25, 0.3) is 0 Å². The second kappa shape index (κ2) is 11.8. The number of aryl methyl sites for hydroxylation is 1. The molecule has 2 atom stereocenters. The van der Waals surface area contributed by atoms with Crippen molar-refractivity contribution in [3.63, 3.8) is 0 Å². The molecule has 0 saturated carbocycles. The van der Waals surface area contributed by atoms with E-state index in [4.69, 9.17) is 22.2 Å². The summed E-state index contributed by atoms with van der Waals surface area (Å²) >= 11 is 8.73. The van der Waals surface area contributed by atoms with Crippen LogP contribution in [0.1, 0.15) is 23.2 Å². The number of aliphatic carboxylic acids is 1. The van der Waals surface area contributed by atoms with Crippen molar-refractivity contribution in [1.29, 1.82) is 0 Å². The fourth-order valence-electron chi connectivity index (χ4n) is 4.54. The van der Waals surface area contributed by atoms with Gasteiger partial charge in [-0.15, -0.1) is 11.8 Å². The molecule has 2 aromatic heterocycles. The zero-order valence-electron chi connectivity index (χ0n) is 21.3. The molecule has 1 amide bonds. The van der Waals surface area contributed by atoms with E-state index < -0.39 is 29.0 Å². The molecule has 206 valence electrons. The fourth-order valence-corrected chi connectivity index (χ4v) is 6.87. The van der Waals surface area contributed by atoms with Gasteiger partial charge in [-0.2, -0.15) is 0 Å². The van der Waals surface area contributed by atoms with Crippen molar-refractivity contribution in [2.75, 3.05) is 11.5 Å². The number of amides is 1. The number of β-lactam (4-membered cyclic amide) rings is 1. The number of anilines is 1. The van der Waals surface area contributed by atoms with Crippen LogP contribution in [-0.4, -0.2) is 49.5 Å². The Labute approximate surface area is 243 Å². The lowest BCUT2D eigenvalue weighted by Gasteiger charge is -2.49. The molecular weight excluding hydrogens is 574 g/mol. The molecule has 1 aromatic carbocycles. The highest BCUT2D eigenvalue weighted by Gasteiger charge is 2.54. The number of nitrogens with zero attached hydrogens (tertiary/aromatic N) is 4. The second-order valence-electron chi connectivity index (χ2n) is 9.32. The minimum Gasteiger partial charge on any atom is -0.477 e. The van der Waals surface area contributed by atoms with E-state index in [1.165, 1.54) is 16.7 Å². The van der Waals surface area contributed by atoms with Crippen LogP contribution in [0.4, 0.5) is 5.13 Å². The zero-order chi connectivity index (χ0) is 28.4. The minimum atomic E-state index is -1.17. The highest BCUT2D eigenvalue weighted by molar-refractivity contribution is 8.00. The fraction of sp³-hybridized carbons (Fsp3) is 0.259. The Hall–Kier alpha value is -3.74. The molecule has 0 aliphatic carbocycles. The van der Waals surface area contributed by atoms with Crippen molar-refractivity contribution in [1.82, 2.24) is 9.88 Å². The van der Waals surface area contributed by atoms with Gasteiger partial charge in [-0.25, -0.2) is 14.3 Å². The van der Waals surface area contributed by atoms with Crippen LogP contribution >= 0.6 is 34.7 Å². The average Bonchev–Trinajstić information content (AvgIpc) is 3.27. The van der Waals surface area contributed by atoms with Gasteiger partial charge < -0.3 is 15.7 Å². The monoisotopic (exact) mass is 598 g/mol. The Bertz CT molecular complexity index is 1520. The summed E-state index contributed by atoms with van der Waals surface area (Å²) in [4.78, 5) is 49.8. The Morgan fingerprint density at radius 3 is 2.62 bits per heavy atom. The first-order chi connectivity index (χ1) is 19.2. The van der Waals surface area contributed by atoms with Gasteiger partial charge in [0.15, 0.2) is 35.6 Å². The summed E-state index contributed by atoms with van der Waals surface area (Å²) in [6, 6.07) is 13.2. The number of hydrogen-bond acceptors (Lipinski definition) is 9. The van der Waals surface area contributed by atoms with Crippen LogP contribution in [0.2, 0.25) is 4.34 Å². The molecule has 3 aromatic rings. The standard InChI is InChI=1S/C27H24ClN5O5S2/c1-15-5-7-16(8-6-15)13-38-31-20(21-23(28)40-27(29)30-21)19(34)11-18-24(35)33-22(26(36)37)17(14-39-25(18)33)12-32-9-3-2-4-10-32/h2-10,18,25H,11-14H2,1H3,(H2-,29,30,36,37)/p+1/b31-20+/t18-,25-/m1/s1. The third-order valence-electron chi connectivity index (χ3n) is 6.51. The van der Waals surface area contributed by atoms with Gasteiger partial charge in [0, 0.05) is 29.9 Å². The van der Waals surface area contributed by atoms with Gasteiger partial charge in [-0.1, -0.05) is 64.0 Å². The number of carboxylic acids is 1. The first kappa shape index (κ1) is 27.8. The number of Topliss-reactive ketones (excluding diaryl/α,β-unsaturated/α-hetero) is 1. The van der Waals surface area contributed by atoms with Crippen LogP contribution in [0.5, 0.6) is 0 Å². The molecule has 0 unspecified atom stereocenters. The number of halogens is 1. The molecule has 5 rings (SSSR count). The Balaban J connectivity index is 1.34. The van der Waals surface area contributed by atoms with Crippen LogP contribution in [0.3, 0.4) is 0 Å². The molecule has 0 bridgehead atoms. The number of oxime groups is 1. The van der Waals surface area contributed by atoms with Crippen molar-refractivity contribution in [3.05, 3.63) is 87.3 Å². The van der Waals surface area contributed by atoms with E-state index >= 15 is 0 Å². The van der Waals surface area contributed by atoms with E-state index in [0.717, 1.165) is 22.5 Å². The summed E-state index contributed by atoms with van der Waals surface area (Å²) < 4.78 is 2.03. The molecule has 2 aliphatic heterocycles. The van der Waals surface area contributed by atoms with Crippen LogP contribution in [0.15, 0.2) is 71.3 Å². The number of carbonyl (C=O) groups is 3. The molecule has 10 nitrogen and oxygen atoms in total. The van der Waals surface area contributed by atoms with Crippen molar-refractivity contribution in [3.8, 4) is 0 Å². The van der Waals surface area contributed by atoms with Crippen molar-refractivity contribution < 1.29 is 28.9 Å². The van der Waals surface area contributed by atoms with Gasteiger partial charge in [0.1, 0.15) is 22.3 Å². The van der Waals surface area contributed by atoms with E-state index in [1.807, 2.05) is 66.3 Å². The summed E-state index contributed by atoms with van der Waals surface area (Å²) in [6.45, 7) is 2.42. The second-order valence-corrected chi connectivity index (χ2v) is 12.1. The molecule has 1 saturated heterocycles. The van der Waals surface area contributed by atoms with Crippen molar-refractivity contribution in [2.24, 2.45) is 11.1 Å². The van der Waals surface area contributed by atoms with Gasteiger partial charge in [-0.3, -0.25) is 14.5 Å². The Morgan fingerprint density at radius 1 is 1.25 bits per heavy atom. The SMILES string of the molecule is Cc1ccc(CO/N=C(\C(=O)C[C@@H]2C(=O)N3C(C(=O)O)=C(C[n+]4ccccc4)CS[C@H]23)c2nc(N)sc2Cl)cc1. The zero-order valence-corrected chi connectivity index (χ0v) is 23.7. The lowest BCUT2D eigenvalue weighted by atomic mass is 9.89. The van der Waals surface area contributed by atoms with E-state index in [0.29, 0.717) is 17.9 Å². The quantitative estimate of drug-likeness (QED) is 0.157. The highest BCUT2D eigenvalue weighted by Crippen LogP contribution is 2.45. The van der Waals surface area contributed by atoms with Crippen molar-refractivity contribution >= 4 is 63.2 Å². The molecule has 1 fully saturated rings. The molecule has 0 spiro atoms. The van der Waals surface area contributed by atoms with E-state index in [2.05, 4.69) is 10.1 Å². The van der Waals surface area contributed by atoms with Gasteiger partial charge in [0.05, 0.1) is 11.3 Å². The number of ketones is 1. The van der Waals surface area contributed by atoms with E-state index in [9.17, 15) is 19.5 Å². The number of thioether (sulfide) groups is 1. The molecular formula is C27H25ClN5O5S2+. The molecule has 3 N–H and O–H groups in total. The largest absolute Gasteiger partial charge is 0.477 e. The molecule has 0 radical (unpaired) electrons. The van der Waals surface area contributed by atoms with Gasteiger partial charge in [0.25, 0.3) is 0 Å². The molecule has 2 aliphatic rings. The van der Waals surface area contributed by atoms with E-state index in [1.54, 1.807) is 0 Å². The number of hydrogen-bond donors (Lipinski definition) is 2. The van der Waals surface area contributed by atoms with Gasteiger partial charge in [0.2, 0.25) is 5.91 Å². The summed E-state index contributed by atoms with van der Waals surface area (Å²) in [5.41, 5.74) is 8.30. The number of carboxylic acid groups (broad SMARTS) is 1. The maximum absolute atomic E-state index is 13.5. The number of carbonyl (C=O) groups excluding carboxylic acids is 2. The Morgan fingerprint density at radius 2 is 1.98 bits per heavy atom. The van der Waals surface area contributed by atoms with Crippen LogP contribution in [0, 0.1) is 12.8 Å². The summed E-state index contributed by atoms with van der Waals surface area (Å²) in [6.07, 6.45) is 3.46. The lowest BCUT2D eigenvalue weighted by Crippen LogP contribution is -2.62. The van der Waals surface area contributed by atoms with Gasteiger partial charge in [-0.05, 0) is 12.5 Å². The van der Waals surface area contributed by atoms with Gasteiger partial charge >= 0.3 is 5.97 Å². The first-order valence-corrected chi connectivity index (χ1v) is 14.5. The number of nitrogen functional groups attached to an aromatic ring is 1. The number of nitrogens with two attached hydrogens (primary N) is 1. The minimum absolute atomic E-state index is 0.0283.